The lowest BCUT2D eigenvalue weighted by Gasteiger charge is -2.21. The molecule has 0 radical (unpaired) electrons. The molecule has 0 spiro atoms. The van der Waals surface area contributed by atoms with Gasteiger partial charge in [0.2, 0.25) is 5.91 Å². The first-order valence-corrected chi connectivity index (χ1v) is 11.1. The number of halogens is 1. The van der Waals surface area contributed by atoms with Crippen molar-refractivity contribution in [2.45, 2.75) is 36.8 Å². The molecule has 1 aromatic heterocycles. The van der Waals surface area contributed by atoms with E-state index in [1.807, 2.05) is 61.7 Å². The molecule has 2 atom stereocenters. The molecule has 3 aromatic rings. The van der Waals surface area contributed by atoms with Crippen LogP contribution >= 0.6 is 11.8 Å². The van der Waals surface area contributed by atoms with E-state index in [1.54, 1.807) is 19.2 Å². The Bertz CT molecular complexity index is 1040. The fourth-order valence-electron chi connectivity index (χ4n) is 2.98. The van der Waals surface area contributed by atoms with Gasteiger partial charge in [-0.2, -0.15) is 0 Å². The van der Waals surface area contributed by atoms with E-state index >= 15 is 0 Å². The number of benzene rings is 2. The van der Waals surface area contributed by atoms with Crippen LogP contribution in [0.2, 0.25) is 0 Å². The highest BCUT2D eigenvalue weighted by Crippen LogP contribution is 2.29. The summed E-state index contributed by atoms with van der Waals surface area (Å²) in [6.45, 7) is 4.26. The van der Waals surface area contributed by atoms with Crippen LogP contribution < -0.4 is 10.1 Å². The van der Waals surface area contributed by atoms with Crippen molar-refractivity contribution in [3.8, 4) is 11.4 Å². The molecule has 170 valence electrons. The minimum atomic E-state index is -0.404. The van der Waals surface area contributed by atoms with E-state index in [1.165, 1.54) is 23.9 Å². The van der Waals surface area contributed by atoms with Gasteiger partial charge in [0.25, 0.3) is 0 Å². The highest BCUT2D eigenvalue weighted by Gasteiger charge is 2.24. The zero-order chi connectivity index (χ0) is 23.3. The monoisotopic (exact) mass is 457 g/mol. The van der Waals surface area contributed by atoms with Crippen molar-refractivity contribution in [3.05, 3.63) is 65.7 Å². The molecule has 0 unspecified atom stereocenters. The van der Waals surface area contributed by atoms with E-state index in [0.29, 0.717) is 11.7 Å². The number of ether oxygens (including phenoxy) is 1. The lowest BCUT2D eigenvalue weighted by atomic mass is 10.2. The molecule has 1 amide bonds. The van der Waals surface area contributed by atoms with Crippen LogP contribution in [0.15, 0.2) is 53.7 Å². The van der Waals surface area contributed by atoms with Gasteiger partial charge in [-0.3, -0.25) is 14.3 Å². The lowest BCUT2D eigenvalue weighted by molar-refractivity contribution is -0.120. The fourth-order valence-corrected chi connectivity index (χ4v) is 3.88. The first-order valence-electron chi connectivity index (χ1n) is 10.2. The quantitative estimate of drug-likeness (QED) is 0.493. The number of carbonyl (C=O) groups excluding carboxylic acids is 1. The first-order chi connectivity index (χ1) is 15.3. The Hall–Kier alpha value is -2.91. The molecule has 0 aliphatic heterocycles. The van der Waals surface area contributed by atoms with Crippen LogP contribution in [0.5, 0.6) is 5.75 Å². The Labute approximate surface area is 192 Å². The number of hydrogen-bond acceptors (Lipinski definition) is 6. The number of aromatic nitrogens is 3. The van der Waals surface area contributed by atoms with E-state index in [4.69, 9.17) is 4.74 Å². The van der Waals surface area contributed by atoms with Gasteiger partial charge in [-0.05, 0) is 69.9 Å². The molecule has 0 saturated heterocycles. The summed E-state index contributed by atoms with van der Waals surface area (Å²) in [4.78, 5) is 14.7. The molecule has 7 nitrogen and oxygen atoms in total. The fraction of sp³-hybridized carbons (Fsp3) is 0.348. The third kappa shape index (κ3) is 5.66. The van der Waals surface area contributed by atoms with Gasteiger partial charge < -0.3 is 10.1 Å². The van der Waals surface area contributed by atoms with Gasteiger partial charge in [-0.1, -0.05) is 23.9 Å². The van der Waals surface area contributed by atoms with Crippen molar-refractivity contribution in [3.63, 3.8) is 0 Å². The Balaban J connectivity index is 1.76. The smallest absolute Gasteiger partial charge is 0.233 e. The molecule has 32 heavy (non-hydrogen) atoms. The molecule has 0 aliphatic carbocycles. The summed E-state index contributed by atoms with van der Waals surface area (Å²) < 4.78 is 20.5. The number of thioether (sulfide) groups is 1. The highest BCUT2D eigenvalue weighted by atomic mass is 32.2. The van der Waals surface area contributed by atoms with Crippen molar-refractivity contribution in [1.82, 2.24) is 25.0 Å². The van der Waals surface area contributed by atoms with Crippen LogP contribution in [0, 0.1) is 5.82 Å². The van der Waals surface area contributed by atoms with Gasteiger partial charge in [0, 0.05) is 12.2 Å². The van der Waals surface area contributed by atoms with Crippen LogP contribution in [-0.4, -0.2) is 52.0 Å². The van der Waals surface area contributed by atoms with E-state index in [0.717, 1.165) is 22.8 Å². The summed E-state index contributed by atoms with van der Waals surface area (Å²) in [6.07, 6.45) is 0. The Morgan fingerprint density at radius 1 is 1.12 bits per heavy atom. The molecule has 0 aliphatic rings. The minimum Gasteiger partial charge on any atom is -0.497 e. The normalized spacial score (nSPS) is 13.1. The van der Waals surface area contributed by atoms with E-state index in [9.17, 15) is 9.18 Å². The third-order valence-corrected chi connectivity index (χ3v) is 6.21. The molecule has 1 N–H and O–H groups in total. The Kier molecular flexibility index (Phi) is 7.87. The van der Waals surface area contributed by atoms with Gasteiger partial charge in [0.1, 0.15) is 11.6 Å². The van der Waals surface area contributed by atoms with Crippen molar-refractivity contribution in [1.29, 1.82) is 0 Å². The van der Waals surface area contributed by atoms with Crippen LogP contribution in [0.25, 0.3) is 5.69 Å². The maximum absolute atomic E-state index is 13.5. The number of amides is 1. The predicted octanol–water partition coefficient (Wildman–Crippen LogP) is 3.83. The molecule has 0 bridgehead atoms. The van der Waals surface area contributed by atoms with E-state index in [2.05, 4.69) is 15.5 Å². The zero-order valence-corrected chi connectivity index (χ0v) is 19.7. The predicted molar refractivity (Wildman–Crippen MR) is 124 cm³/mol. The van der Waals surface area contributed by atoms with Gasteiger partial charge in [0.15, 0.2) is 11.0 Å². The van der Waals surface area contributed by atoms with Gasteiger partial charge in [0.05, 0.1) is 18.4 Å². The molecule has 1 heterocycles. The highest BCUT2D eigenvalue weighted by molar-refractivity contribution is 8.00. The van der Waals surface area contributed by atoms with Crippen LogP contribution in [0.3, 0.4) is 0 Å². The molecular weight excluding hydrogens is 429 g/mol. The van der Waals surface area contributed by atoms with E-state index in [-0.39, 0.29) is 17.8 Å². The summed E-state index contributed by atoms with van der Waals surface area (Å²) in [5.74, 6) is 1.06. The van der Waals surface area contributed by atoms with Gasteiger partial charge >= 0.3 is 0 Å². The molecular formula is C23H28FN5O2S. The maximum Gasteiger partial charge on any atom is 0.233 e. The number of carbonyl (C=O) groups is 1. The molecule has 0 saturated carbocycles. The average molecular weight is 458 g/mol. The second kappa shape index (κ2) is 10.6. The van der Waals surface area contributed by atoms with Crippen molar-refractivity contribution < 1.29 is 13.9 Å². The van der Waals surface area contributed by atoms with E-state index < -0.39 is 5.25 Å². The topological polar surface area (TPSA) is 72.3 Å². The number of methoxy groups -OCH3 is 1. The number of hydrogen-bond donors (Lipinski definition) is 1. The van der Waals surface area contributed by atoms with Crippen molar-refractivity contribution in [2.24, 2.45) is 0 Å². The summed E-state index contributed by atoms with van der Waals surface area (Å²) in [5.41, 5.74) is 1.72. The summed E-state index contributed by atoms with van der Waals surface area (Å²) in [6, 6.07) is 13.7. The average Bonchev–Trinajstić information content (AvgIpc) is 3.20. The van der Waals surface area contributed by atoms with Crippen molar-refractivity contribution >= 4 is 17.7 Å². The van der Waals surface area contributed by atoms with Crippen molar-refractivity contribution in [2.75, 3.05) is 21.2 Å². The van der Waals surface area contributed by atoms with Gasteiger partial charge in [-0.15, -0.1) is 10.2 Å². The molecule has 0 fully saturated rings. The summed E-state index contributed by atoms with van der Waals surface area (Å²) in [5, 5.41) is 11.8. The summed E-state index contributed by atoms with van der Waals surface area (Å²) >= 11 is 1.31. The second-order valence-electron chi connectivity index (χ2n) is 7.62. The molecule has 2 aromatic carbocycles. The largest absolute Gasteiger partial charge is 0.497 e. The van der Waals surface area contributed by atoms with Crippen LogP contribution in [0.4, 0.5) is 4.39 Å². The number of nitrogens with one attached hydrogen (secondary N) is 1. The molecule has 9 heteroatoms. The third-order valence-electron chi connectivity index (χ3n) is 5.17. The van der Waals surface area contributed by atoms with Crippen LogP contribution in [0.1, 0.15) is 31.3 Å². The molecule has 3 rings (SSSR count). The first kappa shape index (κ1) is 23.7. The Morgan fingerprint density at radius 2 is 1.78 bits per heavy atom. The lowest BCUT2D eigenvalue weighted by Crippen LogP contribution is -2.30. The maximum atomic E-state index is 13.5. The number of rotatable bonds is 9. The second-order valence-corrected chi connectivity index (χ2v) is 8.93. The minimum absolute atomic E-state index is 0.0268. The zero-order valence-electron chi connectivity index (χ0n) is 18.9. The standard InChI is InChI=1S/C23H28FN5O2S/c1-15(28(3)4)21-26-27-23(29(21)19-10-8-18(24)9-11-19)32-16(2)22(30)25-14-17-6-12-20(31-5)13-7-17/h6-13,15-16H,14H2,1-5H3,(H,25,30)/t15-,16+/m0/s1. The summed E-state index contributed by atoms with van der Waals surface area (Å²) in [7, 11) is 5.53. The van der Waals surface area contributed by atoms with Crippen LogP contribution in [-0.2, 0) is 11.3 Å². The SMILES string of the molecule is COc1ccc(CNC(=O)[C@@H](C)Sc2nnc([C@H](C)N(C)C)n2-c2ccc(F)cc2)cc1. The number of nitrogens with zero attached hydrogens (tertiary/aromatic N) is 4. The van der Waals surface area contributed by atoms with Gasteiger partial charge in [-0.25, -0.2) is 4.39 Å². The Morgan fingerprint density at radius 3 is 2.38 bits per heavy atom.